The molecule has 1 spiro atoms. The lowest BCUT2D eigenvalue weighted by molar-refractivity contribution is -0.117. The van der Waals surface area contributed by atoms with E-state index >= 15 is 0 Å². The van der Waals surface area contributed by atoms with Gasteiger partial charge in [0.25, 0.3) is 5.91 Å². The molecule has 3 nitrogen and oxygen atoms in total. The van der Waals surface area contributed by atoms with Gasteiger partial charge in [0, 0.05) is 27.6 Å². The molecule has 0 atom stereocenters. The van der Waals surface area contributed by atoms with E-state index in [1.165, 1.54) is 26.7 Å². The van der Waals surface area contributed by atoms with Gasteiger partial charge in [-0.25, -0.2) is 0 Å². The number of nitrogens with one attached hydrogen (secondary N) is 1. The summed E-state index contributed by atoms with van der Waals surface area (Å²) in [5.41, 5.74) is 5.21. The lowest BCUT2D eigenvalue weighted by atomic mass is 9.74. The van der Waals surface area contributed by atoms with Crippen LogP contribution < -0.4 is 5.32 Å². The third-order valence-corrected chi connectivity index (χ3v) is 7.34. The summed E-state index contributed by atoms with van der Waals surface area (Å²) in [5, 5.41) is 3.07. The Hall–Kier alpha value is -1.56. The van der Waals surface area contributed by atoms with Gasteiger partial charge >= 0.3 is 0 Å². The van der Waals surface area contributed by atoms with Crippen molar-refractivity contribution in [1.29, 1.82) is 0 Å². The first-order valence-corrected chi connectivity index (χ1v) is 11.0. The van der Waals surface area contributed by atoms with Gasteiger partial charge in [0.05, 0.1) is 0 Å². The van der Waals surface area contributed by atoms with E-state index in [9.17, 15) is 4.79 Å². The number of likely N-dealkylation sites (tertiary alicyclic amines) is 1. The maximum Gasteiger partial charge on any atom is 0.252 e. The standard InChI is InChI=1S/C23H27IN2O/c1-16-6-3-4-8-19(16)22(27)25-17(2)26-14-12-23(13-15-26)11-10-18-7-5-9-20(24)21(18)23/h5,7,9-11H,2-4,6,8,12-15H2,1H3,(H,25,27). The third-order valence-electron chi connectivity index (χ3n) is 6.44. The monoisotopic (exact) mass is 474 g/mol. The molecule has 27 heavy (non-hydrogen) atoms. The number of amides is 1. The number of rotatable bonds is 3. The molecule has 1 fully saturated rings. The number of allylic oxidation sites excluding steroid dienone is 2. The van der Waals surface area contributed by atoms with Crippen molar-refractivity contribution in [3.05, 3.63) is 62.5 Å². The maximum atomic E-state index is 12.7. The number of carbonyl (C=O) groups excluding carboxylic acids is 1. The molecule has 1 aromatic rings. The van der Waals surface area contributed by atoms with E-state index in [0.717, 1.165) is 56.6 Å². The normalized spacial score (nSPS) is 20.7. The van der Waals surface area contributed by atoms with E-state index in [2.05, 4.69) is 76.7 Å². The van der Waals surface area contributed by atoms with Crippen LogP contribution in [0.25, 0.3) is 6.08 Å². The Labute approximate surface area is 175 Å². The van der Waals surface area contributed by atoms with E-state index in [1.54, 1.807) is 0 Å². The zero-order chi connectivity index (χ0) is 19.0. The van der Waals surface area contributed by atoms with Gasteiger partial charge in [-0.05, 0) is 85.2 Å². The van der Waals surface area contributed by atoms with Gasteiger partial charge in [-0.15, -0.1) is 0 Å². The largest absolute Gasteiger partial charge is 0.359 e. The topological polar surface area (TPSA) is 32.3 Å². The quantitative estimate of drug-likeness (QED) is 0.617. The second kappa shape index (κ2) is 7.46. The molecular weight excluding hydrogens is 447 g/mol. The Kier molecular flexibility index (Phi) is 5.19. The molecule has 4 heteroatoms. The zero-order valence-corrected chi connectivity index (χ0v) is 18.1. The van der Waals surface area contributed by atoms with Gasteiger partial charge < -0.3 is 10.2 Å². The molecule has 1 aromatic carbocycles. The highest BCUT2D eigenvalue weighted by Gasteiger charge is 2.39. The first-order chi connectivity index (χ1) is 13.0. The van der Waals surface area contributed by atoms with Crippen LogP contribution in [0.1, 0.15) is 56.6 Å². The minimum Gasteiger partial charge on any atom is -0.359 e. The molecule has 3 aliphatic rings. The first kappa shape index (κ1) is 18.8. The molecule has 1 N–H and O–H groups in total. The van der Waals surface area contributed by atoms with Crippen molar-refractivity contribution in [2.24, 2.45) is 0 Å². The van der Waals surface area contributed by atoms with Crippen LogP contribution in [0.15, 0.2) is 47.8 Å². The van der Waals surface area contributed by atoms with Gasteiger partial charge in [0.15, 0.2) is 0 Å². The van der Waals surface area contributed by atoms with Crippen molar-refractivity contribution in [2.75, 3.05) is 13.1 Å². The summed E-state index contributed by atoms with van der Waals surface area (Å²) >= 11 is 2.47. The van der Waals surface area contributed by atoms with Crippen LogP contribution in [0.2, 0.25) is 0 Å². The summed E-state index contributed by atoms with van der Waals surface area (Å²) < 4.78 is 1.36. The molecule has 0 aromatic heterocycles. The fourth-order valence-electron chi connectivity index (χ4n) is 4.78. The summed E-state index contributed by atoms with van der Waals surface area (Å²) in [5.74, 6) is 0.809. The third kappa shape index (κ3) is 3.48. The number of hydrogen-bond donors (Lipinski definition) is 1. The molecule has 4 rings (SSSR count). The summed E-state index contributed by atoms with van der Waals surface area (Å²) in [6, 6.07) is 6.56. The predicted molar refractivity (Wildman–Crippen MR) is 119 cm³/mol. The number of halogens is 1. The van der Waals surface area contributed by atoms with Crippen LogP contribution in [0.5, 0.6) is 0 Å². The molecule has 0 saturated carbocycles. The Balaban J connectivity index is 1.41. The molecule has 2 aliphatic carbocycles. The van der Waals surface area contributed by atoms with Crippen LogP contribution in [0.4, 0.5) is 0 Å². The molecular formula is C23H27IN2O. The van der Waals surface area contributed by atoms with Crippen LogP contribution in [-0.2, 0) is 10.2 Å². The molecule has 1 saturated heterocycles. The van der Waals surface area contributed by atoms with E-state index in [-0.39, 0.29) is 11.3 Å². The number of hydrogen-bond acceptors (Lipinski definition) is 2. The Bertz CT molecular complexity index is 844. The smallest absolute Gasteiger partial charge is 0.252 e. The second-order valence-corrected chi connectivity index (χ2v) is 9.21. The van der Waals surface area contributed by atoms with Crippen molar-refractivity contribution in [3.8, 4) is 0 Å². The van der Waals surface area contributed by atoms with E-state index in [1.807, 2.05) is 0 Å². The van der Waals surface area contributed by atoms with Gasteiger partial charge in [-0.3, -0.25) is 4.79 Å². The predicted octanol–water partition coefficient (Wildman–Crippen LogP) is 5.13. The minimum absolute atomic E-state index is 0.0538. The van der Waals surface area contributed by atoms with Crippen molar-refractivity contribution in [2.45, 2.75) is 50.9 Å². The Morgan fingerprint density at radius 2 is 1.96 bits per heavy atom. The van der Waals surface area contributed by atoms with Crippen LogP contribution in [0.3, 0.4) is 0 Å². The highest BCUT2D eigenvalue weighted by molar-refractivity contribution is 14.1. The lowest BCUT2D eigenvalue weighted by Gasteiger charge is -2.41. The van der Waals surface area contributed by atoms with Crippen molar-refractivity contribution < 1.29 is 4.79 Å². The summed E-state index contributed by atoms with van der Waals surface area (Å²) in [6.07, 6.45) is 11.1. The molecule has 0 unspecified atom stereocenters. The SMILES string of the molecule is C=C(NC(=O)C1=C(C)CCCC1)N1CCC2(C=Cc3cccc(I)c32)CC1. The molecule has 142 valence electrons. The molecule has 0 radical (unpaired) electrons. The fourth-order valence-corrected chi connectivity index (χ4v) is 5.84. The zero-order valence-electron chi connectivity index (χ0n) is 16.0. The molecule has 1 amide bonds. The highest BCUT2D eigenvalue weighted by Crippen LogP contribution is 2.45. The van der Waals surface area contributed by atoms with Crippen LogP contribution in [0, 0.1) is 3.57 Å². The van der Waals surface area contributed by atoms with Crippen molar-refractivity contribution >= 4 is 34.6 Å². The number of carbonyl (C=O) groups is 1. The van der Waals surface area contributed by atoms with E-state index in [4.69, 9.17) is 0 Å². The van der Waals surface area contributed by atoms with Crippen LogP contribution >= 0.6 is 22.6 Å². The lowest BCUT2D eigenvalue weighted by Crippen LogP contribution is -2.44. The molecule has 1 heterocycles. The number of benzene rings is 1. The van der Waals surface area contributed by atoms with Gasteiger partial charge in [0.2, 0.25) is 0 Å². The Morgan fingerprint density at radius 3 is 2.70 bits per heavy atom. The molecule has 1 aliphatic heterocycles. The van der Waals surface area contributed by atoms with Crippen molar-refractivity contribution in [1.82, 2.24) is 10.2 Å². The summed E-state index contributed by atoms with van der Waals surface area (Å²) in [7, 11) is 0. The number of piperidine rings is 1. The summed E-state index contributed by atoms with van der Waals surface area (Å²) in [6.45, 7) is 8.10. The average molecular weight is 474 g/mol. The highest BCUT2D eigenvalue weighted by atomic mass is 127. The number of fused-ring (bicyclic) bond motifs is 2. The van der Waals surface area contributed by atoms with Gasteiger partial charge in [0.1, 0.15) is 5.82 Å². The van der Waals surface area contributed by atoms with E-state index < -0.39 is 0 Å². The van der Waals surface area contributed by atoms with Gasteiger partial charge in [-0.2, -0.15) is 0 Å². The minimum atomic E-state index is 0.0538. The maximum absolute atomic E-state index is 12.7. The number of nitrogens with zero attached hydrogens (tertiary/aromatic N) is 1. The fraction of sp³-hybridized carbons (Fsp3) is 0.435. The van der Waals surface area contributed by atoms with Crippen LogP contribution in [-0.4, -0.2) is 23.9 Å². The van der Waals surface area contributed by atoms with Crippen molar-refractivity contribution in [3.63, 3.8) is 0 Å². The second-order valence-electron chi connectivity index (χ2n) is 8.05. The Morgan fingerprint density at radius 1 is 1.22 bits per heavy atom. The summed E-state index contributed by atoms with van der Waals surface area (Å²) in [4.78, 5) is 14.9. The average Bonchev–Trinajstić information content (AvgIpc) is 3.02. The first-order valence-electron chi connectivity index (χ1n) is 9.92. The van der Waals surface area contributed by atoms with E-state index in [0.29, 0.717) is 0 Å². The van der Waals surface area contributed by atoms with Gasteiger partial charge in [-0.1, -0.05) is 36.4 Å². The molecule has 0 bridgehead atoms.